The standard InChI is InChI=1S/C14H18N4O/c1-10-12(14(19)16-6-7-18(2)3)8-11-9-15-5-4-13(11)17-10/h4-5,8-9H,6-7H2,1-3H3,(H,16,19). The summed E-state index contributed by atoms with van der Waals surface area (Å²) >= 11 is 0. The van der Waals surface area contributed by atoms with Crippen LogP contribution in [0.15, 0.2) is 24.5 Å². The lowest BCUT2D eigenvalue weighted by Gasteiger charge is -2.11. The average molecular weight is 258 g/mol. The Hall–Kier alpha value is -2.01. The first-order valence-electron chi connectivity index (χ1n) is 6.22. The Bertz CT molecular complexity index is 595. The van der Waals surface area contributed by atoms with E-state index in [0.29, 0.717) is 12.1 Å². The maximum Gasteiger partial charge on any atom is 0.253 e. The highest BCUT2D eigenvalue weighted by molar-refractivity contribution is 5.98. The third-order valence-corrected chi connectivity index (χ3v) is 2.89. The van der Waals surface area contributed by atoms with Crippen LogP contribution in [-0.4, -0.2) is 48.0 Å². The minimum atomic E-state index is -0.0856. The third kappa shape index (κ3) is 3.26. The highest BCUT2D eigenvalue weighted by Gasteiger charge is 2.11. The van der Waals surface area contributed by atoms with Gasteiger partial charge in [0.1, 0.15) is 0 Å². The minimum absolute atomic E-state index is 0.0856. The lowest BCUT2D eigenvalue weighted by molar-refractivity contribution is 0.0950. The molecule has 0 aliphatic rings. The van der Waals surface area contributed by atoms with Gasteiger partial charge in [-0.05, 0) is 33.2 Å². The van der Waals surface area contributed by atoms with Crippen molar-refractivity contribution >= 4 is 16.8 Å². The van der Waals surface area contributed by atoms with Crippen molar-refractivity contribution in [3.63, 3.8) is 0 Å². The summed E-state index contributed by atoms with van der Waals surface area (Å²) in [5.41, 5.74) is 2.21. The number of aryl methyl sites for hydroxylation is 1. The van der Waals surface area contributed by atoms with E-state index in [9.17, 15) is 4.79 Å². The Labute approximate surface area is 112 Å². The van der Waals surface area contributed by atoms with E-state index in [0.717, 1.165) is 23.1 Å². The summed E-state index contributed by atoms with van der Waals surface area (Å²) in [6.45, 7) is 3.28. The molecular weight excluding hydrogens is 240 g/mol. The van der Waals surface area contributed by atoms with E-state index in [1.54, 1.807) is 12.4 Å². The summed E-state index contributed by atoms with van der Waals surface area (Å²) in [7, 11) is 3.95. The smallest absolute Gasteiger partial charge is 0.253 e. The van der Waals surface area contributed by atoms with Gasteiger partial charge in [-0.2, -0.15) is 0 Å². The molecule has 0 aliphatic carbocycles. The molecule has 0 aromatic carbocycles. The largest absolute Gasteiger partial charge is 0.351 e. The summed E-state index contributed by atoms with van der Waals surface area (Å²) in [4.78, 5) is 22.6. The second kappa shape index (κ2) is 5.75. The molecule has 0 spiro atoms. The molecule has 0 saturated heterocycles. The SMILES string of the molecule is Cc1nc2ccncc2cc1C(=O)NCCN(C)C. The molecule has 0 fully saturated rings. The van der Waals surface area contributed by atoms with Crippen LogP contribution in [-0.2, 0) is 0 Å². The summed E-state index contributed by atoms with van der Waals surface area (Å²) < 4.78 is 0. The fraction of sp³-hybridized carbons (Fsp3) is 0.357. The summed E-state index contributed by atoms with van der Waals surface area (Å²) in [5.74, 6) is -0.0856. The first-order valence-corrected chi connectivity index (χ1v) is 6.22. The number of hydrogen-bond acceptors (Lipinski definition) is 4. The first kappa shape index (κ1) is 13.4. The van der Waals surface area contributed by atoms with Crippen molar-refractivity contribution in [1.29, 1.82) is 0 Å². The van der Waals surface area contributed by atoms with E-state index in [-0.39, 0.29) is 5.91 Å². The van der Waals surface area contributed by atoms with Crippen molar-refractivity contribution in [3.8, 4) is 0 Å². The van der Waals surface area contributed by atoms with E-state index >= 15 is 0 Å². The maximum atomic E-state index is 12.1. The quantitative estimate of drug-likeness (QED) is 0.896. The molecule has 100 valence electrons. The Morgan fingerprint density at radius 1 is 1.42 bits per heavy atom. The van der Waals surface area contributed by atoms with Crippen LogP contribution < -0.4 is 5.32 Å². The Morgan fingerprint density at radius 2 is 2.21 bits per heavy atom. The molecule has 0 unspecified atom stereocenters. The number of likely N-dealkylation sites (N-methyl/N-ethyl adjacent to an activating group) is 1. The van der Waals surface area contributed by atoms with Crippen molar-refractivity contribution < 1.29 is 4.79 Å². The summed E-state index contributed by atoms with van der Waals surface area (Å²) in [6.07, 6.45) is 3.42. The molecule has 0 atom stereocenters. The highest BCUT2D eigenvalue weighted by atomic mass is 16.1. The zero-order valence-corrected chi connectivity index (χ0v) is 11.5. The number of rotatable bonds is 4. The molecule has 2 rings (SSSR count). The van der Waals surface area contributed by atoms with Crippen LogP contribution in [0.5, 0.6) is 0 Å². The Kier molecular flexibility index (Phi) is 4.06. The number of carbonyl (C=O) groups excluding carboxylic acids is 1. The van der Waals surface area contributed by atoms with Gasteiger partial charge in [0.15, 0.2) is 0 Å². The minimum Gasteiger partial charge on any atom is -0.351 e. The fourth-order valence-electron chi connectivity index (χ4n) is 1.83. The molecule has 0 bridgehead atoms. The van der Waals surface area contributed by atoms with E-state index < -0.39 is 0 Å². The van der Waals surface area contributed by atoms with Crippen molar-refractivity contribution in [2.45, 2.75) is 6.92 Å². The fourth-order valence-corrected chi connectivity index (χ4v) is 1.83. The van der Waals surface area contributed by atoms with Crippen LogP contribution in [0.1, 0.15) is 16.1 Å². The second-order valence-electron chi connectivity index (χ2n) is 4.75. The van der Waals surface area contributed by atoms with E-state index in [2.05, 4.69) is 15.3 Å². The predicted molar refractivity (Wildman–Crippen MR) is 75.2 cm³/mol. The zero-order valence-electron chi connectivity index (χ0n) is 11.5. The van der Waals surface area contributed by atoms with Gasteiger partial charge in [-0.1, -0.05) is 0 Å². The first-order chi connectivity index (χ1) is 9.08. The predicted octanol–water partition coefficient (Wildman–Crippen LogP) is 1.23. The van der Waals surface area contributed by atoms with Crippen molar-refractivity contribution in [2.75, 3.05) is 27.2 Å². The maximum absolute atomic E-state index is 12.1. The molecule has 2 heterocycles. The number of pyridine rings is 2. The number of aromatic nitrogens is 2. The van der Waals surface area contributed by atoms with Crippen LogP contribution in [0.3, 0.4) is 0 Å². The molecule has 0 saturated carbocycles. The highest BCUT2D eigenvalue weighted by Crippen LogP contribution is 2.15. The number of nitrogens with one attached hydrogen (secondary N) is 1. The van der Waals surface area contributed by atoms with Gasteiger partial charge in [0.25, 0.3) is 5.91 Å². The van der Waals surface area contributed by atoms with Gasteiger partial charge in [0.2, 0.25) is 0 Å². The van der Waals surface area contributed by atoms with Gasteiger partial charge in [0, 0.05) is 30.9 Å². The van der Waals surface area contributed by atoms with E-state index in [1.807, 2.05) is 38.1 Å². The molecule has 5 heteroatoms. The number of carbonyl (C=O) groups is 1. The molecule has 2 aromatic heterocycles. The summed E-state index contributed by atoms with van der Waals surface area (Å²) in [6, 6.07) is 3.69. The van der Waals surface area contributed by atoms with Crippen molar-refractivity contribution in [2.24, 2.45) is 0 Å². The van der Waals surface area contributed by atoms with Crippen LogP contribution in [0.25, 0.3) is 10.9 Å². The Morgan fingerprint density at radius 3 is 2.95 bits per heavy atom. The van der Waals surface area contributed by atoms with Crippen LogP contribution in [0, 0.1) is 6.92 Å². The normalized spacial score (nSPS) is 10.9. The second-order valence-corrected chi connectivity index (χ2v) is 4.75. The molecule has 1 N–H and O–H groups in total. The topological polar surface area (TPSA) is 58.1 Å². The molecule has 0 radical (unpaired) electrons. The molecular formula is C14H18N4O. The molecule has 2 aromatic rings. The molecule has 0 aliphatic heterocycles. The van der Waals surface area contributed by atoms with Crippen LogP contribution in [0.2, 0.25) is 0 Å². The van der Waals surface area contributed by atoms with Crippen LogP contribution in [0.4, 0.5) is 0 Å². The van der Waals surface area contributed by atoms with Gasteiger partial charge in [-0.15, -0.1) is 0 Å². The van der Waals surface area contributed by atoms with Crippen LogP contribution >= 0.6 is 0 Å². The van der Waals surface area contributed by atoms with Crippen molar-refractivity contribution in [1.82, 2.24) is 20.2 Å². The third-order valence-electron chi connectivity index (χ3n) is 2.89. The lowest BCUT2D eigenvalue weighted by Crippen LogP contribution is -2.31. The molecule has 19 heavy (non-hydrogen) atoms. The van der Waals surface area contributed by atoms with E-state index in [1.165, 1.54) is 0 Å². The molecule has 5 nitrogen and oxygen atoms in total. The van der Waals surface area contributed by atoms with Gasteiger partial charge in [-0.3, -0.25) is 14.8 Å². The summed E-state index contributed by atoms with van der Waals surface area (Å²) in [5, 5.41) is 3.78. The number of fused-ring (bicyclic) bond motifs is 1. The Balaban J connectivity index is 2.19. The van der Waals surface area contributed by atoms with Gasteiger partial charge in [0.05, 0.1) is 16.8 Å². The monoisotopic (exact) mass is 258 g/mol. The van der Waals surface area contributed by atoms with Crippen molar-refractivity contribution in [3.05, 3.63) is 35.8 Å². The number of hydrogen-bond donors (Lipinski definition) is 1. The zero-order chi connectivity index (χ0) is 13.8. The number of amides is 1. The van der Waals surface area contributed by atoms with E-state index in [4.69, 9.17) is 0 Å². The van der Waals surface area contributed by atoms with Gasteiger partial charge < -0.3 is 10.2 Å². The average Bonchev–Trinajstić information content (AvgIpc) is 2.37. The number of nitrogens with zero attached hydrogens (tertiary/aromatic N) is 3. The van der Waals surface area contributed by atoms with Gasteiger partial charge >= 0.3 is 0 Å². The van der Waals surface area contributed by atoms with Gasteiger partial charge in [-0.25, -0.2) is 0 Å². The molecule has 1 amide bonds. The lowest BCUT2D eigenvalue weighted by atomic mass is 10.1.